The molecule has 1 aliphatic heterocycles. The second-order valence-corrected chi connectivity index (χ2v) is 1.83. The van der Waals surface area contributed by atoms with Gasteiger partial charge < -0.3 is 14.6 Å². The van der Waals surface area contributed by atoms with Crippen molar-refractivity contribution in [1.29, 1.82) is 0 Å². The van der Waals surface area contributed by atoms with Crippen molar-refractivity contribution < 1.29 is 24.2 Å². The first-order valence-electron chi connectivity index (χ1n) is 3.29. The lowest BCUT2D eigenvalue weighted by Gasteiger charge is -1.78. The van der Waals surface area contributed by atoms with Gasteiger partial charge in [0.25, 0.3) is 0 Å². The number of carboxylic acids is 1. The van der Waals surface area contributed by atoms with Crippen LogP contribution in [0, 0.1) is 0 Å². The Balaban J connectivity index is 0.000000202. The maximum atomic E-state index is 9.80. The summed E-state index contributed by atoms with van der Waals surface area (Å²) >= 11 is 0. The Bertz CT molecular complexity index is 167. The molecule has 12 heavy (non-hydrogen) atoms. The van der Waals surface area contributed by atoms with E-state index in [4.69, 9.17) is 5.11 Å². The summed E-state index contributed by atoms with van der Waals surface area (Å²) in [6.07, 6.45) is 0.859. The summed E-state index contributed by atoms with van der Waals surface area (Å²) in [4.78, 5) is 19.3. The molecule has 0 aromatic heterocycles. The molecule has 1 N–H and O–H groups in total. The Morgan fingerprint density at radius 2 is 2.08 bits per heavy atom. The molecular weight excluding hydrogens is 164 g/mol. The van der Waals surface area contributed by atoms with Crippen molar-refractivity contribution in [1.82, 2.24) is 0 Å². The van der Waals surface area contributed by atoms with Gasteiger partial charge in [-0.2, -0.15) is 0 Å². The highest BCUT2D eigenvalue weighted by atomic mass is 16.8. The third kappa shape index (κ3) is 6.60. The fraction of sp³-hybridized carbons (Fsp3) is 0.429. The van der Waals surface area contributed by atoms with Crippen molar-refractivity contribution in [2.45, 2.75) is 6.42 Å². The van der Waals surface area contributed by atoms with Crippen LogP contribution in [0.5, 0.6) is 0 Å². The van der Waals surface area contributed by atoms with E-state index in [1.165, 1.54) is 6.08 Å². The fourth-order valence-corrected chi connectivity index (χ4v) is 0.415. The van der Waals surface area contributed by atoms with E-state index in [9.17, 15) is 9.59 Å². The van der Waals surface area contributed by atoms with E-state index in [-0.39, 0.29) is 6.42 Å². The molecule has 1 saturated heterocycles. The topological polar surface area (TPSA) is 72.8 Å². The monoisotopic (exact) mass is 174 g/mol. The second-order valence-electron chi connectivity index (χ2n) is 1.83. The average Bonchev–Trinajstić information content (AvgIpc) is 2.40. The smallest absolute Gasteiger partial charge is 0.481 e. The summed E-state index contributed by atoms with van der Waals surface area (Å²) in [6.45, 7) is 4.05. The number of rotatable bonds is 2. The van der Waals surface area contributed by atoms with Crippen LogP contribution in [0.15, 0.2) is 12.7 Å². The molecule has 68 valence electrons. The van der Waals surface area contributed by atoms with Gasteiger partial charge >= 0.3 is 12.1 Å². The Kier molecular flexibility index (Phi) is 5.42. The molecule has 0 amide bonds. The zero-order chi connectivity index (χ0) is 9.40. The van der Waals surface area contributed by atoms with E-state index in [1.807, 2.05) is 0 Å². The summed E-state index contributed by atoms with van der Waals surface area (Å²) in [5, 5.41) is 7.84. The van der Waals surface area contributed by atoms with Gasteiger partial charge in [0.15, 0.2) is 0 Å². The normalized spacial score (nSPS) is 13.5. The van der Waals surface area contributed by atoms with Crippen LogP contribution in [0.2, 0.25) is 0 Å². The molecule has 0 aliphatic carbocycles. The van der Waals surface area contributed by atoms with Crippen molar-refractivity contribution in [3.8, 4) is 0 Å². The predicted octanol–water partition coefficient (Wildman–Crippen LogP) is 0.800. The third-order valence-corrected chi connectivity index (χ3v) is 0.842. The highest BCUT2D eigenvalue weighted by Crippen LogP contribution is 1.92. The third-order valence-electron chi connectivity index (χ3n) is 0.842. The van der Waals surface area contributed by atoms with E-state index >= 15 is 0 Å². The van der Waals surface area contributed by atoms with Gasteiger partial charge in [0.1, 0.15) is 13.2 Å². The Labute approximate surface area is 69.6 Å². The lowest BCUT2D eigenvalue weighted by molar-refractivity contribution is -0.135. The van der Waals surface area contributed by atoms with E-state index in [0.29, 0.717) is 13.2 Å². The molecule has 1 heterocycles. The predicted molar refractivity (Wildman–Crippen MR) is 39.7 cm³/mol. The molecule has 0 saturated carbocycles. The Morgan fingerprint density at radius 3 is 2.17 bits per heavy atom. The summed E-state index contributed by atoms with van der Waals surface area (Å²) in [5.74, 6) is -0.829. The maximum absolute atomic E-state index is 9.80. The number of carbonyl (C=O) groups is 2. The standard InChI is InChI=1S/C4H6O2.C3H4O3/c1-2-3-4(5)6;4-3-5-1-2-6-3/h2H,1,3H2,(H,5,6);1-2H2. The maximum Gasteiger partial charge on any atom is 0.508 e. The van der Waals surface area contributed by atoms with E-state index < -0.39 is 12.1 Å². The van der Waals surface area contributed by atoms with Crippen LogP contribution in [0.3, 0.4) is 0 Å². The fourth-order valence-electron chi connectivity index (χ4n) is 0.415. The number of aliphatic carboxylic acids is 1. The Morgan fingerprint density at radius 1 is 1.58 bits per heavy atom. The molecule has 1 fully saturated rings. The molecule has 0 unspecified atom stereocenters. The highest BCUT2D eigenvalue weighted by molar-refractivity contribution is 5.68. The molecule has 0 aromatic carbocycles. The van der Waals surface area contributed by atoms with Gasteiger partial charge in [0.2, 0.25) is 0 Å². The first-order valence-corrected chi connectivity index (χ1v) is 3.29. The van der Waals surface area contributed by atoms with Gasteiger partial charge in [-0.3, -0.25) is 4.79 Å². The van der Waals surface area contributed by atoms with Gasteiger partial charge in [-0.05, 0) is 0 Å². The minimum atomic E-state index is -0.829. The molecule has 1 aliphatic rings. The SMILES string of the molecule is C=CCC(=O)O.O=C1OCCO1. The number of carbonyl (C=O) groups excluding carboxylic acids is 1. The molecule has 5 nitrogen and oxygen atoms in total. The molecule has 5 heteroatoms. The number of hydrogen-bond acceptors (Lipinski definition) is 4. The van der Waals surface area contributed by atoms with Gasteiger partial charge in [0, 0.05) is 0 Å². The summed E-state index contributed by atoms with van der Waals surface area (Å²) in [7, 11) is 0. The second kappa shape index (κ2) is 6.21. The summed E-state index contributed by atoms with van der Waals surface area (Å²) < 4.78 is 8.58. The van der Waals surface area contributed by atoms with Gasteiger partial charge in [0.05, 0.1) is 6.42 Å². The first-order chi connectivity index (χ1) is 5.66. The molecule has 0 bridgehead atoms. The molecule has 0 spiro atoms. The van der Waals surface area contributed by atoms with Gasteiger partial charge in [-0.25, -0.2) is 4.79 Å². The minimum absolute atomic E-state index is 0.0556. The first kappa shape index (κ1) is 10.5. The van der Waals surface area contributed by atoms with Crippen LogP contribution in [0.25, 0.3) is 0 Å². The largest absolute Gasteiger partial charge is 0.508 e. The molecule has 0 aromatic rings. The van der Waals surface area contributed by atoms with Gasteiger partial charge in [-0.1, -0.05) is 6.08 Å². The van der Waals surface area contributed by atoms with Gasteiger partial charge in [-0.15, -0.1) is 6.58 Å². The van der Waals surface area contributed by atoms with E-state index in [0.717, 1.165) is 0 Å². The molecule has 0 atom stereocenters. The number of cyclic esters (lactones) is 2. The number of carboxylic acid groups (broad SMARTS) is 1. The average molecular weight is 174 g/mol. The summed E-state index contributed by atoms with van der Waals surface area (Å²) in [5.41, 5.74) is 0. The van der Waals surface area contributed by atoms with Crippen molar-refractivity contribution in [2.75, 3.05) is 13.2 Å². The number of ether oxygens (including phenoxy) is 2. The quantitative estimate of drug-likeness (QED) is 0.495. The number of hydrogen-bond donors (Lipinski definition) is 1. The Hall–Kier alpha value is -1.52. The summed E-state index contributed by atoms with van der Waals surface area (Å²) in [6, 6.07) is 0. The van der Waals surface area contributed by atoms with Crippen molar-refractivity contribution >= 4 is 12.1 Å². The van der Waals surface area contributed by atoms with Crippen LogP contribution in [-0.2, 0) is 14.3 Å². The molecule has 1 rings (SSSR count). The highest BCUT2D eigenvalue weighted by Gasteiger charge is 2.09. The van der Waals surface area contributed by atoms with E-state index in [1.54, 1.807) is 0 Å². The molecule has 0 radical (unpaired) electrons. The zero-order valence-corrected chi connectivity index (χ0v) is 6.49. The van der Waals surface area contributed by atoms with Crippen LogP contribution < -0.4 is 0 Å². The van der Waals surface area contributed by atoms with Crippen LogP contribution in [0.4, 0.5) is 4.79 Å². The van der Waals surface area contributed by atoms with Crippen LogP contribution in [0.1, 0.15) is 6.42 Å². The minimum Gasteiger partial charge on any atom is -0.481 e. The van der Waals surface area contributed by atoms with E-state index in [2.05, 4.69) is 16.1 Å². The lowest BCUT2D eigenvalue weighted by Crippen LogP contribution is -1.88. The molecular formula is C7H10O5. The van der Waals surface area contributed by atoms with Crippen molar-refractivity contribution in [3.63, 3.8) is 0 Å². The zero-order valence-electron chi connectivity index (χ0n) is 6.49. The van der Waals surface area contributed by atoms with Crippen LogP contribution in [-0.4, -0.2) is 30.4 Å². The van der Waals surface area contributed by atoms with Crippen LogP contribution >= 0.6 is 0 Å². The van der Waals surface area contributed by atoms with Crippen molar-refractivity contribution in [2.24, 2.45) is 0 Å². The lowest BCUT2D eigenvalue weighted by atomic mass is 10.4. The van der Waals surface area contributed by atoms with Crippen molar-refractivity contribution in [3.05, 3.63) is 12.7 Å².